The third kappa shape index (κ3) is 101. The molecule has 0 atom stereocenters. The number of carbonyl (C=O) groups excluding carboxylic acids is 1. The molecule has 0 aromatic heterocycles. The first kappa shape index (κ1) is 26.5. The van der Waals surface area contributed by atoms with Gasteiger partial charge in [-0.15, -0.1) is 0 Å². The van der Waals surface area contributed by atoms with Crippen molar-refractivity contribution >= 4 is 37.5 Å². The van der Waals surface area contributed by atoms with Crippen molar-refractivity contribution in [1.29, 1.82) is 0 Å². The minimum Gasteiger partial charge on any atom is -0.428 e. The van der Waals surface area contributed by atoms with E-state index in [4.69, 9.17) is 0 Å². The maximum Gasteiger partial charge on any atom is 0.234 e. The van der Waals surface area contributed by atoms with Crippen LogP contribution in [0.3, 0.4) is 0 Å². The smallest absolute Gasteiger partial charge is 0.234 e. The minimum atomic E-state index is 0.615. The third-order valence-electron chi connectivity index (χ3n) is 1.27. The normalized spacial score (nSPS) is 7.78. The van der Waals surface area contributed by atoms with Crippen LogP contribution in [0.4, 0.5) is 0 Å². The Morgan fingerprint density at radius 3 is 1.22 bits per heavy atom. The molecule has 0 amide bonds. The van der Waals surface area contributed by atoms with Crippen LogP contribution < -0.4 is 0 Å². The van der Waals surface area contributed by atoms with Crippen LogP contribution in [-0.2, 0) is 18.1 Å². The van der Waals surface area contributed by atoms with Crippen LogP contribution >= 0.6 is 0 Å². The summed E-state index contributed by atoms with van der Waals surface area (Å²) < 4.78 is 14.0. The number of hydrogen-bond acceptors (Lipinski definition) is 5. The maximum absolute atomic E-state index is 9.27. The van der Waals surface area contributed by atoms with Crippen molar-refractivity contribution in [2.45, 2.75) is 34.1 Å². The Kier molecular flexibility index (Phi) is 64.1. The van der Waals surface area contributed by atoms with Crippen LogP contribution in [0.15, 0.2) is 4.99 Å². The lowest BCUT2D eigenvalue weighted by Crippen LogP contribution is -1.76. The van der Waals surface area contributed by atoms with Gasteiger partial charge in [-0.3, -0.25) is 0 Å². The van der Waals surface area contributed by atoms with Gasteiger partial charge in [-0.1, -0.05) is 6.92 Å². The summed E-state index contributed by atoms with van der Waals surface area (Å²) in [5.74, 6) is 0. The monoisotopic (exact) mass is 313 g/mol. The first-order chi connectivity index (χ1) is 8.66. The molecule has 0 radical (unpaired) electrons. The number of isocyanates is 1. The number of nitrogens with zero attached hydrogens (tertiary/aromatic N) is 1. The molecule has 0 aromatic rings. The summed E-state index contributed by atoms with van der Waals surface area (Å²) in [4.78, 5) is 12.6. The lowest BCUT2D eigenvalue weighted by molar-refractivity contribution is 0.375. The fourth-order valence-electron chi connectivity index (χ4n) is 0.157. The molecule has 112 valence electrons. The van der Waals surface area contributed by atoms with E-state index in [1.807, 2.05) is 27.7 Å². The SMILES string of the molecule is CCCN=C=O.CCO[SiH3].CCO[SiH3].CCO[SiH3]. The van der Waals surface area contributed by atoms with E-state index >= 15 is 0 Å². The predicted octanol–water partition coefficient (Wildman–Crippen LogP) is -1.36. The highest BCUT2D eigenvalue weighted by atomic mass is 28.2. The Hall–Kier alpha value is -0.0894. The molecule has 5 nitrogen and oxygen atoms in total. The van der Waals surface area contributed by atoms with E-state index in [0.717, 1.165) is 57.7 Å². The molecule has 0 aliphatic heterocycles. The van der Waals surface area contributed by atoms with E-state index in [2.05, 4.69) is 18.3 Å². The zero-order valence-corrected chi connectivity index (χ0v) is 19.1. The summed E-state index contributed by atoms with van der Waals surface area (Å²) in [7, 11) is 2.67. The van der Waals surface area contributed by atoms with Crippen LogP contribution in [-0.4, -0.2) is 63.9 Å². The molecule has 0 unspecified atom stereocenters. The molecule has 0 bridgehead atoms. The highest BCUT2D eigenvalue weighted by molar-refractivity contribution is 5.98. The maximum atomic E-state index is 9.27. The molecule has 0 aliphatic carbocycles. The van der Waals surface area contributed by atoms with Gasteiger partial charge in [0, 0.05) is 19.8 Å². The van der Waals surface area contributed by atoms with Crippen molar-refractivity contribution in [1.82, 2.24) is 0 Å². The van der Waals surface area contributed by atoms with Crippen molar-refractivity contribution in [3.05, 3.63) is 0 Å². The molecule has 0 fully saturated rings. The number of rotatable bonds is 5. The predicted molar refractivity (Wildman–Crippen MR) is 88.0 cm³/mol. The molecule has 0 spiro atoms. The molecule has 8 heteroatoms. The van der Waals surface area contributed by atoms with Gasteiger partial charge in [0.2, 0.25) is 6.08 Å². The fourth-order valence-corrected chi connectivity index (χ4v) is 0.157. The lowest BCUT2D eigenvalue weighted by Gasteiger charge is -1.77. The molecule has 0 N–H and O–H groups in total. The van der Waals surface area contributed by atoms with Crippen molar-refractivity contribution in [2.24, 2.45) is 4.99 Å². The van der Waals surface area contributed by atoms with Gasteiger partial charge >= 0.3 is 0 Å². The second-order valence-corrected chi connectivity index (χ2v) is 4.44. The zero-order chi connectivity index (χ0) is 15.1. The highest BCUT2D eigenvalue weighted by Crippen LogP contribution is 1.71. The lowest BCUT2D eigenvalue weighted by atomic mass is 10.5. The molecule has 0 heterocycles. The third-order valence-corrected chi connectivity index (χ3v) is 3.00. The van der Waals surface area contributed by atoms with E-state index in [0.29, 0.717) is 6.54 Å². The van der Waals surface area contributed by atoms with E-state index in [1.165, 1.54) is 6.08 Å². The van der Waals surface area contributed by atoms with E-state index in [9.17, 15) is 4.79 Å². The van der Waals surface area contributed by atoms with Gasteiger partial charge < -0.3 is 13.3 Å². The van der Waals surface area contributed by atoms with Gasteiger partial charge in [0.05, 0.1) is 6.54 Å². The molecule has 0 saturated carbocycles. The molecule has 0 saturated heterocycles. The van der Waals surface area contributed by atoms with Gasteiger partial charge in [0.25, 0.3) is 0 Å². The van der Waals surface area contributed by atoms with Crippen molar-refractivity contribution in [3.63, 3.8) is 0 Å². The van der Waals surface area contributed by atoms with E-state index < -0.39 is 0 Å². The number of hydrogen-bond donors (Lipinski definition) is 0. The summed E-state index contributed by atoms with van der Waals surface area (Å²) in [5, 5.41) is 0. The van der Waals surface area contributed by atoms with Gasteiger partial charge in [-0.2, -0.15) is 0 Å². The Balaban J connectivity index is -0.0000000742. The minimum absolute atomic E-state index is 0.615. The summed E-state index contributed by atoms with van der Waals surface area (Å²) >= 11 is 0. The quantitative estimate of drug-likeness (QED) is 0.357. The molecule has 0 aliphatic rings. The first-order valence-electron chi connectivity index (χ1n) is 6.16. The van der Waals surface area contributed by atoms with Crippen LogP contribution in [0.1, 0.15) is 34.1 Å². The zero-order valence-electron chi connectivity index (χ0n) is 13.1. The largest absolute Gasteiger partial charge is 0.428 e. The van der Waals surface area contributed by atoms with Crippen molar-refractivity contribution < 1.29 is 18.1 Å². The van der Waals surface area contributed by atoms with Crippen LogP contribution in [0.2, 0.25) is 0 Å². The molecule has 18 heavy (non-hydrogen) atoms. The fraction of sp³-hybridized carbons (Fsp3) is 0.900. The summed E-state index contributed by atoms with van der Waals surface area (Å²) in [5.41, 5.74) is 0. The van der Waals surface area contributed by atoms with Gasteiger partial charge in [-0.25, -0.2) is 9.79 Å². The first-order valence-corrected chi connectivity index (χ1v) is 8.61. The van der Waals surface area contributed by atoms with Crippen LogP contribution in [0.25, 0.3) is 0 Å². The average Bonchev–Trinajstić information content (AvgIpc) is 2.45. The summed E-state index contributed by atoms with van der Waals surface area (Å²) in [6.07, 6.45) is 2.37. The highest BCUT2D eigenvalue weighted by Gasteiger charge is 1.66. The second-order valence-electron chi connectivity index (χ2n) is 2.71. The second kappa shape index (κ2) is 43.6. The van der Waals surface area contributed by atoms with Crippen LogP contribution in [0, 0.1) is 0 Å². The molecule has 0 aromatic carbocycles. The summed E-state index contributed by atoms with van der Waals surface area (Å²) in [6.45, 7) is 11.2. The average molecular weight is 314 g/mol. The Morgan fingerprint density at radius 1 is 0.889 bits per heavy atom. The van der Waals surface area contributed by atoms with Gasteiger partial charge in [0.1, 0.15) is 31.5 Å². The molecular weight excluding hydrogens is 282 g/mol. The Labute approximate surface area is 121 Å². The summed E-state index contributed by atoms with van der Waals surface area (Å²) in [6, 6.07) is 0. The van der Waals surface area contributed by atoms with E-state index in [-0.39, 0.29) is 0 Å². The standard InChI is InChI=1S/C4H7NO.3C2H8OSi/c1-2-3-5-4-6;3*1-2-3-4/h2-3H2,1H3;3*2H2,1,4H3. The Morgan fingerprint density at radius 2 is 1.17 bits per heavy atom. The Bertz CT molecular complexity index is 132. The van der Waals surface area contributed by atoms with Crippen molar-refractivity contribution in [3.8, 4) is 0 Å². The van der Waals surface area contributed by atoms with Crippen LogP contribution in [0.5, 0.6) is 0 Å². The molecular formula is C10H31NO4Si3. The van der Waals surface area contributed by atoms with Crippen molar-refractivity contribution in [2.75, 3.05) is 26.4 Å². The molecule has 0 rings (SSSR count). The topological polar surface area (TPSA) is 57.1 Å². The number of aliphatic imine (C=N–C) groups is 1. The van der Waals surface area contributed by atoms with Gasteiger partial charge in [-0.05, 0) is 27.2 Å². The van der Waals surface area contributed by atoms with E-state index in [1.54, 1.807) is 0 Å². The van der Waals surface area contributed by atoms with Gasteiger partial charge in [0.15, 0.2) is 0 Å².